The van der Waals surface area contributed by atoms with E-state index in [0.717, 1.165) is 6.07 Å². The zero-order valence-corrected chi connectivity index (χ0v) is 10.9. The summed E-state index contributed by atoms with van der Waals surface area (Å²) in [5, 5.41) is 2.11. The minimum atomic E-state index is -4.50. The summed E-state index contributed by atoms with van der Waals surface area (Å²) in [6, 6.07) is 3.55. The lowest BCUT2D eigenvalue weighted by Crippen LogP contribution is -2.17. The van der Waals surface area contributed by atoms with Gasteiger partial charge in [0.15, 0.2) is 0 Å². The summed E-state index contributed by atoms with van der Waals surface area (Å²) < 4.78 is 38.1. The second-order valence-electron chi connectivity index (χ2n) is 2.87. The van der Waals surface area contributed by atoms with E-state index in [1.165, 1.54) is 12.1 Å². The number of benzene rings is 1. The molecule has 1 rings (SSSR count). The van der Waals surface area contributed by atoms with Gasteiger partial charge in [0.05, 0.1) is 16.6 Å². The molecular weight excluding hydrogens is 355 g/mol. The fraction of sp³-hybridized carbons (Fsp3) is 0.222. The Morgan fingerprint density at radius 1 is 1.38 bits per heavy atom. The quantitative estimate of drug-likeness (QED) is 0.798. The fourth-order valence-corrected chi connectivity index (χ4v) is 1.54. The van der Waals surface area contributed by atoms with Gasteiger partial charge in [-0.05, 0) is 18.2 Å². The van der Waals surface area contributed by atoms with E-state index in [1.807, 2.05) is 0 Å². The van der Waals surface area contributed by atoms with Crippen molar-refractivity contribution in [1.29, 1.82) is 0 Å². The van der Waals surface area contributed by atoms with Gasteiger partial charge in [0.2, 0.25) is 5.91 Å². The van der Waals surface area contributed by atoms with Crippen molar-refractivity contribution >= 4 is 43.5 Å². The highest BCUT2D eigenvalue weighted by molar-refractivity contribution is 9.10. The van der Waals surface area contributed by atoms with Crippen LogP contribution in [0, 0.1) is 0 Å². The molecule has 7 heteroatoms. The lowest BCUT2D eigenvalue weighted by atomic mass is 10.1. The maximum absolute atomic E-state index is 12.6. The molecule has 1 N–H and O–H groups in total. The smallest absolute Gasteiger partial charge is 0.325 e. The van der Waals surface area contributed by atoms with Crippen LogP contribution in [0.5, 0.6) is 0 Å². The molecule has 0 bridgehead atoms. The normalized spacial score (nSPS) is 11.3. The van der Waals surface area contributed by atoms with E-state index in [4.69, 9.17) is 0 Å². The summed E-state index contributed by atoms with van der Waals surface area (Å²) in [7, 11) is 0. The van der Waals surface area contributed by atoms with Crippen molar-refractivity contribution < 1.29 is 18.0 Å². The van der Waals surface area contributed by atoms with Gasteiger partial charge in [0, 0.05) is 4.47 Å². The van der Waals surface area contributed by atoms with Crippen LogP contribution in [0.25, 0.3) is 0 Å². The Labute approximate surface area is 106 Å². The van der Waals surface area contributed by atoms with Gasteiger partial charge in [-0.15, -0.1) is 0 Å². The second kappa shape index (κ2) is 5.18. The molecule has 16 heavy (non-hydrogen) atoms. The van der Waals surface area contributed by atoms with Gasteiger partial charge in [0.25, 0.3) is 0 Å². The van der Waals surface area contributed by atoms with Crippen LogP contribution < -0.4 is 5.32 Å². The van der Waals surface area contributed by atoms with Gasteiger partial charge in [-0.1, -0.05) is 31.9 Å². The van der Waals surface area contributed by atoms with Crippen LogP contribution in [0.3, 0.4) is 0 Å². The van der Waals surface area contributed by atoms with Gasteiger partial charge in [-0.25, -0.2) is 0 Å². The zero-order valence-electron chi connectivity index (χ0n) is 7.74. The number of halogens is 5. The number of amides is 1. The van der Waals surface area contributed by atoms with Crippen LogP contribution in [0.4, 0.5) is 18.9 Å². The minimum absolute atomic E-state index is 0.0552. The SMILES string of the molecule is O=C(CBr)Nc1ccc(Br)cc1C(F)(F)F. The first-order chi connectivity index (χ1) is 7.34. The van der Waals surface area contributed by atoms with E-state index < -0.39 is 17.6 Å². The lowest BCUT2D eigenvalue weighted by Gasteiger charge is -2.13. The minimum Gasteiger partial charge on any atom is -0.325 e. The number of anilines is 1. The predicted octanol–water partition coefficient (Wildman–Crippen LogP) is 3.80. The standard InChI is InChI=1S/C9H6Br2F3NO/c10-4-8(16)15-7-2-1-5(11)3-6(7)9(12,13)14/h1-3H,4H2,(H,15,16). The largest absolute Gasteiger partial charge is 0.418 e. The summed E-state index contributed by atoms with van der Waals surface area (Å²) in [6.07, 6.45) is -4.50. The Morgan fingerprint density at radius 2 is 2.00 bits per heavy atom. The average molecular weight is 361 g/mol. The van der Waals surface area contributed by atoms with Crippen molar-refractivity contribution in [3.63, 3.8) is 0 Å². The second-order valence-corrected chi connectivity index (χ2v) is 4.35. The molecule has 0 radical (unpaired) electrons. The molecule has 88 valence electrons. The average Bonchev–Trinajstić information content (AvgIpc) is 2.19. The Balaban J connectivity index is 3.13. The van der Waals surface area contributed by atoms with Gasteiger partial charge < -0.3 is 5.32 Å². The van der Waals surface area contributed by atoms with Gasteiger partial charge in [-0.2, -0.15) is 13.2 Å². The van der Waals surface area contributed by atoms with Crippen LogP contribution in [0.2, 0.25) is 0 Å². The molecule has 0 fully saturated rings. The van der Waals surface area contributed by atoms with E-state index in [-0.39, 0.29) is 11.0 Å². The summed E-state index contributed by atoms with van der Waals surface area (Å²) in [5.74, 6) is -0.534. The highest BCUT2D eigenvalue weighted by Gasteiger charge is 2.34. The number of hydrogen-bond donors (Lipinski definition) is 1. The maximum Gasteiger partial charge on any atom is 0.418 e. The third kappa shape index (κ3) is 3.48. The number of nitrogens with one attached hydrogen (secondary N) is 1. The molecule has 0 unspecified atom stereocenters. The molecule has 0 aromatic heterocycles. The molecule has 0 aliphatic heterocycles. The summed E-state index contributed by atoms with van der Waals surface area (Å²) >= 11 is 5.81. The Hall–Kier alpha value is -0.560. The van der Waals surface area contributed by atoms with E-state index >= 15 is 0 Å². The summed E-state index contributed by atoms with van der Waals surface area (Å²) in [4.78, 5) is 11.0. The Kier molecular flexibility index (Phi) is 4.37. The number of carbonyl (C=O) groups excluding carboxylic acids is 1. The first kappa shape index (κ1) is 13.5. The third-order valence-corrected chi connectivity index (χ3v) is 2.69. The van der Waals surface area contributed by atoms with E-state index in [1.54, 1.807) is 0 Å². The molecule has 0 heterocycles. The number of hydrogen-bond acceptors (Lipinski definition) is 1. The van der Waals surface area contributed by atoms with Crippen molar-refractivity contribution in [3.8, 4) is 0 Å². The van der Waals surface area contributed by atoms with Crippen molar-refractivity contribution in [3.05, 3.63) is 28.2 Å². The molecule has 0 aliphatic carbocycles. The highest BCUT2D eigenvalue weighted by atomic mass is 79.9. The highest BCUT2D eigenvalue weighted by Crippen LogP contribution is 2.36. The van der Waals surface area contributed by atoms with Crippen LogP contribution in [0.15, 0.2) is 22.7 Å². The van der Waals surface area contributed by atoms with Crippen molar-refractivity contribution in [2.75, 3.05) is 10.6 Å². The lowest BCUT2D eigenvalue weighted by molar-refractivity contribution is -0.137. The molecule has 0 atom stereocenters. The number of alkyl halides is 4. The van der Waals surface area contributed by atoms with Crippen molar-refractivity contribution in [2.24, 2.45) is 0 Å². The van der Waals surface area contributed by atoms with Crippen LogP contribution in [0.1, 0.15) is 5.56 Å². The molecule has 1 aromatic rings. The van der Waals surface area contributed by atoms with Crippen LogP contribution >= 0.6 is 31.9 Å². The Morgan fingerprint density at radius 3 is 2.50 bits per heavy atom. The fourth-order valence-electron chi connectivity index (χ4n) is 1.04. The van der Waals surface area contributed by atoms with E-state index in [9.17, 15) is 18.0 Å². The summed E-state index contributed by atoms with van der Waals surface area (Å²) in [5.41, 5.74) is -1.13. The molecule has 1 aromatic carbocycles. The molecule has 0 saturated heterocycles. The van der Waals surface area contributed by atoms with Gasteiger partial charge >= 0.3 is 6.18 Å². The molecule has 0 saturated carbocycles. The first-order valence-electron chi connectivity index (χ1n) is 4.07. The monoisotopic (exact) mass is 359 g/mol. The van der Waals surface area contributed by atoms with Crippen LogP contribution in [-0.2, 0) is 11.0 Å². The zero-order chi connectivity index (χ0) is 12.3. The molecular formula is C9H6Br2F3NO. The maximum atomic E-state index is 12.6. The molecule has 1 amide bonds. The summed E-state index contributed by atoms with van der Waals surface area (Å²) in [6.45, 7) is 0. The van der Waals surface area contributed by atoms with Gasteiger partial charge in [-0.3, -0.25) is 4.79 Å². The third-order valence-electron chi connectivity index (χ3n) is 1.68. The topological polar surface area (TPSA) is 29.1 Å². The van der Waals surface area contributed by atoms with Crippen molar-refractivity contribution in [1.82, 2.24) is 0 Å². The number of carbonyl (C=O) groups is 1. The molecule has 2 nitrogen and oxygen atoms in total. The molecule has 0 aliphatic rings. The Bertz CT molecular complexity index is 406. The first-order valence-corrected chi connectivity index (χ1v) is 5.98. The van der Waals surface area contributed by atoms with Crippen LogP contribution in [-0.4, -0.2) is 11.2 Å². The van der Waals surface area contributed by atoms with E-state index in [0.29, 0.717) is 4.47 Å². The van der Waals surface area contributed by atoms with Gasteiger partial charge in [0.1, 0.15) is 0 Å². The number of rotatable bonds is 2. The van der Waals surface area contributed by atoms with Crippen molar-refractivity contribution in [2.45, 2.75) is 6.18 Å². The van der Waals surface area contributed by atoms with E-state index in [2.05, 4.69) is 37.2 Å². The molecule has 0 spiro atoms. The predicted molar refractivity (Wildman–Crippen MR) is 61.6 cm³/mol.